The van der Waals surface area contributed by atoms with Crippen molar-refractivity contribution in [1.29, 1.82) is 0 Å². The van der Waals surface area contributed by atoms with Gasteiger partial charge in [-0.25, -0.2) is 5.10 Å². The van der Waals surface area contributed by atoms with Gasteiger partial charge in [0, 0.05) is 5.92 Å². The maximum Gasteiger partial charge on any atom is 0.151 e. The molecule has 0 saturated carbocycles. The molecule has 1 heterocycles. The van der Waals surface area contributed by atoms with Crippen molar-refractivity contribution < 1.29 is 0 Å². The van der Waals surface area contributed by atoms with Crippen LogP contribution in [0.2, 0.25) is 0 Å². The summed E-state index contributed by atoms with van der Waals surface area (Å²) < 4.78 is 0. The van der Waals surface area contributed by atoms with E-state index in [2.05, 4.69) is 57.9 Å². The second-order valence-electron chi connectivity index (χ2n) is 5.58. The van der Waals surface area contributed by atoms with Crippen LogP contribution in [-0.2, 0) is 6.42 Å². The zero-order chi connectivity index (χ0) is 14.8. The molecule has 1 atom stereocenters. The van der Waals surface area contributed by atoms with E-state index in [0.717, 1.165) is 25.1 Å². The van der Waals surface area contributed by atoms with Crippen LogP contribution in [0.4, 0.5) is 0 Å². The van der Waals surface area contributed by atoms with Gasteiger partial charge in [-0.1, -0.05) is 75.8 Å². The second kappa shape index (κ2) is 9.27. The number of unbranched alkanes of at least 4 members (excludes halogenated alkanes) is 5. The molecule has 2 rings (SSSR count). The Morgan fingerprint density at radius 1 is 1.00 bits per heavy atom. The Hall–Kier alpha value is -1.71. The highest BCUT2D eigenvalue weighted by Gasteiger charge is 2.15. The standard InChI is InChI=1S/C17H25N4/c1-2-3-4-5-6-10-13-16(17-18-20-21-19-17)14-15-11-8-7-9-12-15/h7-9,11-12,16H,1-6,10,13-14H2,(H,18,19,20,21). The molecule has 1 aromatic carbocycles. The number of rotatable bonds is 10. The second-order valence-corrected chi connectivity index (χ2v) is 5.58. The molecule has 0 aliphatic carbocycles. The molecular formula is C17H25N4. The molecule has 2 aromatic rings. The van der Waals surface area contributed by atoms with Crippen LogP contribution < -0.4 is 0 Å². The summed E-state index contributed by atoms with van der Waals surface area (Å²) in [6.45, 7) is 3.89. The summed E-state index contributed by atoms with van der Waals surface area (Å²) >= 11 is 0. The maximum absolute atomic E-state index is 4.12. The molecule has 0 saturated heterocycles. The van der Waals surface area contributed by atoms with E-state index in [1.807, 2.05) is 0 Å². The van der Waals surface area contributed by atoms with Gasteiger partial charge in [0.25, 0.3) is 0 Å². The first-order valence-corrected chi connectivity index (χ1v) is 7.97. The lowest BCUT2D eigenvalue weighted by molar-refractivity contribution is 0.522. The predicted octanol–water partition coefficient (Wildman–Crippen LogP) is 4.09. The Morgan fingerprint density at radius 3 is 2.48 bits per heavy atom. The number of benzene rings is 1. The van der Waals surface area contributed by atoms with E-state index in [0.29, 0.717) is 5.92 Å². The molecule has 4 nitrogen and oxygen atoms in total. The average molecular weight is 285 g/mol. The monoisotopic (exact) mass is 285 g/mol. The van der Waals surface area contributed by atoms with Crippen LogP contribution in [0.15, 0.2) is 30.3 Å². The number of H-pyrrole nitrogens is 1. The van der Waals surface area contributed by atoms with Gasteiger partial charge in [0.15, 0.2) is 5.82 Å². The third-order valence-electron chi connectivity index (χ3n) is 3.88. The van der Waals surface area contributed by atoms with Crippen LogP contribution in [0, 0.1) is 6.92 Å². The van der Waals surface area contributed by atoms with E-state index in [1.54, 1.807) is 0 Å². The summed E-state index contributed by atoms with van der Waals surface area (Å²) in [7, 11) is 0. The molecule has 113 valence electrons. The van der Waals surface area contributed by atoms with Gasteiger partial charge >= 0.3 is 0 Å². The van der Waals surface area contributed by atoms with E-state index in [1.165, 1.54) is 37.7 Å². The fourth-order valence-electron chi connectivity index (χ4n) is 2.67. The molecule has 4 heteroatoms. The Kier molecular flexibility index (Phi) is 6.92. The Labute approximate surface area is 127 Å². The third-order valence-corrected chi connectivity index (χ3v) is 3.88. The van der Waals surface area contributed by atoms with Crippen LogP contribution in [0.5, 0.6) is 0 Å². The SMILES string of the molecule is [CH2]CCCCCCCC(Cc1ccccc1)c1nnn[nH]1. The van der Waals surface area contributed by atoms with Crippen LogP contribution in [0.1, 0.15) is 62.3 Å². The first kappa shape index (κ1) is 15.7. The number of hydrogen-bond donors (Lipinski definition) is 1. The number of aromatic nitrogens is 4. The van der Waals surface area contributed by atoms with Crippen molar-refractivity contribution in [3.63, 3.8) is 0 Å². The van der Waals surface area contributed by atoms with Crippen molar-refractivity contribution in [3.05, 3.63) is 48.6 Å². The molecule has 1 aromatic heterocycles. The van der Waals surface area contributed by atoms with Crippen molar-refractivity contribution in [1.82, 2.24) is 20.6 Å². The Balaban J connectivity index is 1.82. The summed E-state index contributed by atoms with van der Waals surface area (Å²) in [6, 6.07) is 10.6. The molecule has 0 aliphatic rings. The normalized spacial score (nSPS) is 12.4. The van der Waals surface area contributed by atoms with Gasteiger partial charge in [-0.05, 0) is 28.8 Å². The van der Waals surface area contributed by atoms with E-state index >= 15 is 0 Å². The van der Waals surface area contributed by atoms with Crippen molar-refractivity contribution >= 4 is 0 Å². The zero-order valence-electron chi connectivity index (χ0n) is 12.7. The summed E-state index contributed by atoms with van der Waals surface area (Å²) in [4.78, 5) is 0. The van der Waals surface area contributed by atoms with Gasteiger partial charge in [0.2, 0.25) is 0 Å². The number of aromatic amines is 1. The molecule has 0 bridgehead atoms. The van der Waals surface area contributed by atoms with E-state index in [-0.39, 0.29) is 0 Å². The van der Waals surface area contributed by atoms with Crippen LogP contribution >= 0.6 is 0 Å². The topological polar surface area (TPSA) is 54.5 Å². The summed E-state index contributed by atoms with van der Waals surface area (Å²) in [5.74, 6) is 1.30. The van der Waals surface area contributed by atoms with Crippen LogP contribution in [0.3, 0.4) is 0 Å². The average Bonchev–Trinajstić information content (AvgIpc) is 3.05. The Morgan fingerprint density at radius 2 is 1.76 bits per heavy atom. The fourth-order valence-corrected chi connectivity index (χ4v) is 2.67. The van der Waals surface area contributed by atoms with Crippen molar-refractivity contribution in [2.24, 2.45) is 0 Å². The molecule has 0 fully saturated rings. The minimum atomic E-state index is 0.384. The number of tetrazole rings is 1. The van der Waals surface area contributed by atoms with Gasteiger partial charge < -0.3 is 0 Å². The highest BCUT2D eigenvalue weighted by atomic mass is 15.5. The third kappa shape index (κ3) is 5.66. The molecule has 1 N–H and O–H groups in total. The van der Waals surface area contributed by atoms with Crippen LogP contribution in [-0.4, -0.2) is 20.6 Å². The molecule has 1 unspecified atom stereocenters. The summed E-state index contributed by atoms with van der Waals surface area (Å²) in [6.07, 6.45) is 9.56. The highest BCUT2D eigenvalue weighted by Crippen LogP contribution is 2.24. The van der Waals surface area contributed by atoms with Gasteiger partial charge in [0.1, 0.15) is 0 Å². The number of nitrogens with one attached hydrogen (secondary N) is 1. The van der Waals surface area contributed by atoms with E-state index < -0.39 is 0 Å². The fraction of sp³-hybridized carbons (Fsp3) is 0.529. The first-order chi connectivity index (χ1) is 10.4. The minimum Gasteiger partial charge on any atom is -0.243 e. The lowest BCUT2D eigenvalue weighted by atomic mass is 9.93. The molecule has 21 heavy (non-hydrogen) atoms. The number of nitrogens with zero attached hydrogens (tertiary/aromatic N) is 3. The highest BCUT2D eigenvalue weighted by molar-refractivity contribution is 5.17. The van der Waals surface area contributed by atoms with Gasteiger partial charge in [0.05, 0.1) is 0 Å². The van der Waals surface area contributed by atoms with Crippen LogP contribution in [0.25, 0.3) is 0 Å². The molecule has 0 spiro atoms. The number of hydrogen-bond acceptors (Lipinski definition) is 3. The minimum absolute atomic E-state index is 0.384. The molecular weight excluding hydrogens is 260 g/mol. The van der Waals surface area contributed by atoms with Gasteiger partial charge in [-0.3, -0.25) is 0 Å². The molecule has 0 aliphatic heterocycles. The van der Waals surface area contributed by atoms with Crippen molar-refractivity contribution in [2.45, 2.75) is 57.3 Å². The smallest absolute Gasteiger partial charge is 0.151 e. The summed E-state index contributed by atoms with van der Waals surface area (Å²) in [5, 5.41) is 14.5. The maximum atomic E-state index is 4.12. The van der Waals surface area contributed by atoms with Crippen molar-refractivity contribution in [3.8, 4) is 0 Å². The van der Waals surface area contributed by atoms with Crippen molar-refractivity contribution in [2.75, 3.05) is 0 Å². The lowest BCUT2D eigenvalue weighted by Crippen LogP contribution is -2.06. The van der Waals surface area contributed by atoms with Gasteiger partial charge in [-0.15, -0.1) is 5.10 Å². The van der Waals surface area contributed by atoms with E-state index in [4.69, 9.17) is 0 Å². The molecule has 1 radical (unpaired) electrons. The predicted molar refractivity (Wildman–Crippen MR) is 84.7 cm³/mol. The largest absolute Gasteiger partial charge is 0.243 e. The van der Waals surface area contributed by atoms with Gasteiger partial charge in [-0.2, -0.15) is 0 Å². The molecule has 0 amide bonds. The lowest BCUT2D eigenvalue weighted by Gasteiger charge is -2.13. The quantitative estimate of drug-likeness (QED) is 0.669. The van der Waals surface area contributed by atoms with E-state index in [9.17, 15) is 0 Å². The Bertz CT molecular complexity index is 467. The first-order valence-electron chi connectivity index (χ1n) is 7.97. The summed E-state index contributed by atoms with van der Waals surface area (Å²) in [5.41, 5.74) is 1.34. The zero-order valence-corrected chi connectivity index (χ0v) is 12.7.